The second kappa shape index (κ2) is 7.29. The minimum atomic E-state index is -0.00121. The molecule has 1 heterocycles. The Morgan fingerprint density at radius 2 is 2.00 bits per heavy atom. The molecule has 0 amide bonds. The van der Waals surface area contributed by atoms with Gasteiger partial charge in [0, 0.05) is 12.0 Å². The summed E-state index contributed by atoms with van der Waals surface area (Å²) >= 11 is 2.98. The van der Waals surface area contributed by atoms with Crippen LogP contribution >= 0.6 is 23.1 Å². The van der Waals surface area contributed by atoms with Crippen molar-refractivity contribution in [1.82, 2.24) is 10.2 Å². The van der Waals surface area contributed by atoms with E-state index >= 15 is 0 Å². The summed E-state index contributed by atoms with van der Waals surface area (Å²) in [5.74, 6) is 0.826. The maximum Gasteiger partial charge on any atom is 0.210 e. The van der Waals surface area contributed by atoms with E-state index in [4.69, 9.17) is 10.5 Å². The van der Waals surface area contributed by atoms with E-state index in [1.165, 1.54) is 23.1 Å². The zero-order chi connectivity index (χ0) is 14.2. The zero-order valence-electron chi connectivity index (χ0n) is 10.3. The van der Waals surface area contributed by atoms with Crippen LogP contribution in [0, 0.1) is 22.7 Å². The van der Waals surface area contributed by atoms with Crippen LogP contribution in [0.3, 0.4) is 0 Å². The Hall–Kier alpha value is -2.35. The van der Waals surface area contributed by atoms with Gasteiger partial charge in [-0.05, 0) is 5.56 Å². The van der Waals surface area contributed by atoms with Crippen LogP contribution in [-0.2, 0) is 5.75 Å². The molecule has 0 saturated carbocycles. The number of rotatable bonds is 5. The first-order chi connectivity index (χ1) is 9.81. The minimum Gasteiger partial charge on any atom is -0.335 e. The smallest absolute Gasteiger partial charge is 0.210 e. The average Bonchev–Trinajstić information content (AvgIpc) is 2.95. The molecule has 98 valence electrons. The highest BCUT2D eigenvalue weighted by molar-refractivity contribution is 8.00. The molecule has 0 spiro atoms. The lowest BCUT2D eigenvalue weighted by Crippen LogP contribution is -1.88. The van der Waals surface area contributed by atoms with Crippen molar-refractivity contribution in [3.8, 4) is 12.1 Å². The molecule has 2 rings (SSSR count). The van der Waals surface area contributed by atoms with Crippen LogP contribution in [0.1, 0.15) is 5.56 Å². The molecule has 2 aromatic rings. The number of benzene rings is 1. The van der Waals surface area contributed by atoms with Crippen LogP contribution in [0.15, 0.2) is 46.4 Å². The van der Waals surface area contributed by atoms with Crippen molar-refractivity contribution in [3.63, 3.8) is 0 Å². The summed E-state index contributed by atoms with van der Waals surface area (Å²) in [6, 6.07) is 13.6. The Labute approximate surface area is 124 Å². The molecule has 20 heavy (non-hydrogen) atoms. The molecule has 0 saturated heterocycles. The summed E-state index contributed by atoms with van der Waals surface area (Å²) in [6.07, 6.45) is 1.33. The van der Waals surface area contributed by atoms with Gasteiger partial charge in [-0.2, -0.15) is 10.5 Å². The quantitative estimate of drug-likeness (QED) is 0.674. The predicted octanol–water partition coefficient (Wildman–Crippen LogP) is 3.17. The lowest BCUT2D eigenvalue weighted by Gasteiger charge is -1.96. The number of nitrogens with one attached hydrogen (secondary N) is 1. The maximum atomic E-state index is 8.60. The summed E-state index contributed by atoms with van der Waals surface area (Å²) < 4.78 is 0.834. The third-order valence-corrected chi connectivity index (χ3v) is 4.25. The van der Waals surface area contributed by atoms with E-state index < -0.39 is 0 Å². The van der Waals surface area contributed by atoms with Crippen molar-refractivity contribution in [3.05, 3.63) is 47.7 Å². The van der Waals surface area contributed by atoms with E-state index in [0.717, 1.165) is 10.1 Å². The van der Waals surface area contributed by atoms with Gasteiger partial charge in [0.15, 0.2) is 4.34 Å². The standard InChI is InChI=1S/C13H9N5S2/c14-6-11(7-15)8-16-12-17-18-13(20-12)19-9-10-4-2-1-3-5-10/h1-5,8H,9H2,(H,16,17). The predicted molar refractivity (Wildman–Crippen MR) is 78.8 cm³/mol. The van der Waals surface area contributed by atoms with Crippen molar-refractivity contribution < 1.29 is 0 Å². The van der Waals surface area contributed by atoms with Gasteiger partial charge in [0.2, 0.25) is 5.13 Å². The second-order valence-corrected chi connectivity index (χ2v) is 5.77. The van der Waals surface area contributed by atoms with Crippen LogP contribution < -0.4 is 5.32 Å². The Morgan fingerprint density at radius 3 is 2.70 bits per heavy atom. The van der Waals surface area contributed by atoms with Crippen LogP contribution in [-0.4, -0.2) is 10.2 Å². The van der Waals surface area contributed by atoms with Gasteiger partial charge in [-0.3, -0.25) is 0 Å². The fourth-order valence-electron chi connectivity index (χ4n) is 1.27. The van der Waals surface area contributed by atoms with Gasteiger partial charge in [-0.15, -0.1) is 10.2 Å². The van der Waals surface area contributed by atoms with Crippen LogP contribution in [0.4, 0.5) is 5.13 Å². The van der Waals surface area contributed by atoms with Crippen molar-refractivity contribution in [2.24, 2.45) is 0 Å². The first kappa shape index (κ1) is 14.1. The average molecular weight is 299 g/mol. The number of thioether (sulfide) groups is 1. The zero-order valence-corrected chi connectivity index (χ0v) is 11.9. The van der Waals surface area contributed by atoms with E-state index in [0.29, 0.717) is 5.13 Å². The van der Waals surface area contributed by atoms with Crippen molar-refractivity contribution in [2.75, 3.05) is 5.32 Å². The van der Waals surface area contributed by atoms with Gasteiger partial charge < -0.3 is 5.32 Å². The maximum absolute atomic E-state index is 8.60. The fourth-order valence-corrected chi connectivity index (χ4v) is 2.95. The SMILES string of the molecule is N#CC(C#N)=CNc1nnc(SCc2ccccc2)s1. The molecule has 0 aliphatic heterocycles. The molecular formula is C13H9N5S2. The molecule has 1 aromatic carbocycles. The van der Waals surface area contributed by atoms with Crippen LogP contribution in [0.2, 0.25) is 0 Å². The van der Waals surface area contributed by atoms with Crippen molar-refractivity contribution >= 4 is 28.2 Å². The molecule has 7 heteroatoms. The molecule has 0 bridgehead atoms. The van der Waals surface area contributed by atoms with E-state index in [9.17, 15) is 0 Å². The van der Waals surface area contributed by atoms with E-state index in [2.05, 4.69) is 27.6 Å². The third-order valence-electron chi connectivity index (χ3n) is 2.19. The summed E-state index contributed by atoms with van der Waals surface area (Å²) in [4.78, 5) is 0. The lowest BCUT2D eigenvalue weighted by molar-refractivity contribution is 1.01. The number of allylic oxidation sites excluding steroid dienone is 1. The van der Waals surface area contributed by atoms with Gasteiger partial charge in [0.05, 0.1) is 0 Å². The third kappa shape index (κ3) is 4.09. The first-order valence-electron chi connectivity index (χ1n) is 5.59. The highest BCUT2D eigenvalue weighted by Gasteiger charge is 2.04. The molecule has 0 unspecified atom stereocenters. The van der Waals surface area contributed by atoms with Gasteiger partial charge in [0.1, 0.15) is 17.7 Å². The Bertz CT molecular complexity index is 663. The largest absolute Gasteiger partial charge is 0.335 e. The first-order valence-corrected chi connectivity index (χ1v) is 7.39. The number of hydrogen-bond donors (Lipinski definition) is 1. The molecule has 0 atom stereocenters. The second-order valence-electron chi connectivity index (χ2n) is 3.57. The summed E-state index contributed by atoms with van der Waals surface area (Å²) in [7, 11) is 0. The molecule has 0 aliphatic rings. The normalized spacial score (nSPS) is 9.30. The highest BCUT2D eigenvalue weighted by Crippen LogP contribution is 2.28. The van der Waals surface area contributed by atoms with E-state index in [-0.39, 0.29) is 5.57 Å². The van der Waals surface area contributed by atoms with Gasteiger partial charge in [-0.1, -0.05) is 53.4 Å². The monoisotopic (exact) mass is 299 g/mol. The number of anilines is 1. The summed E-state index contributed by atoms with van der Waals surface area (Å²) in [5, 5.41) is 28.5. The molecule has 0 fully saturated rings. The number of nitriles is 2. The molecular weight excluding hydrogens is 290 g/mol. The van der Waals surface area contributed by atoms with Gasteiger partial charge in [-0.25, -0.2) is 0 Å². The van der Waals surface area contributed by atoms with Gasteiger partial charge >= 0.3 is 0 Å². The number of hydrogen-bond acceptors (Lipinski definition) is 7. The van der Waals surface area contributed by atoms with E-state index in [1.54, 1.807) is 23.9 Å². The lowest BCUT2D eigenvalue weighted by atomic mass is 10.2. The molecule has 0 radical (unpaired) electrons. The number of aromatic nitrogens is 2. The highest BCUT2D eigenvalue weighted by atomic mass is 32.2. The molecule has 0 aliphatic carbocycles. The molecule has 1 N–H and O–H groups in total. The summed E-state index contributed by atoms with van der Waals surface area (Å²) in [6.45, 7) is 0. The Balaban J connectivity index is 1.92. The summed E-state index contributed by atoms with van der Waals surface area (Å²) in [5.41, 5.74) is 1.22. The Kier molecular flexibility index (Phi) is 5.13. The molecule has 1 aromatic heterocycles. The van der Waals surface area contributed by atoms with Crippen molar-refractivity contribution in [1.29, 1.82) is 10.5 Å². The Morgan fingerprint density at radius 1 is 1.25 bits per heavy atom. The fraction of sp³-hybridized carbons (Fsp3) is 0.0769. The van der Waals surface area contributed by atoms with Crippen molar-refractivity contribution in [2.45, 2.75) is 10.1 Å². The van der Waals surface area contributed by atoms with E-state index in [1.807, 2.05) is 18.2 Å². The van der Waals surface area contributed by atoms with Crippen LogP contribution in [0.25, 0.3) is 0 Å². The molecule has 5 nitrogen and oxygen atoms in total. The van der Waals surface area contributed by atoms with Crippen LogP contribution in [0.5, 0.6) is 0 Å². The number of nitrogens with zero attached hydrogens (tertiary/aromatic N) is 4. The minimum absolute atomic E-state index is 0.00121. The topological polar surface area (TPSA) is 85.4 Å². The van der Waals surface area contributed by atoms with Gasteiger partial charge in [0.25, 0.3) is 0 Å².